The monoisotopic (exact) mass is 224 g/mol. The van der Waals surface area contributed by atoms with Crippen molar-refractivity contribution in [3.63, 3.8) is 0 Å². The molecule has 0 bridgehead atoms. The first-order chi connectivity index (χ1) is 7.79. The van der Waals surface area contributed by atoms with E-state index in [1.54, 1.807) is 0 Å². The standard InChI is InChI=1S/C13H24N2O/c1-11-7-4-6-10-15(11)13(16)12-8-3-2-5-9-14-12/h11-12,14H,2-10H2,1H3/t11-,12-/m0/s1. The molecule has 92 valence electrons. The van der Waals surface area contributed by atoms with E-state index in [9.17, 15) is 4.79 Å². The van der Waals surface area contributed by atoms with E-state index in [-0.39, 0.29) is 6.04 Å². The third-order valence-electron chi connectivity index (χ3n) is 3.94. The maximum Gasteiger partial charge on any atom is 0.239 e. The average molecular weight is 224 g/mol. The summed E-state index contributed by atoms with van der Waals surface area (Å²) < 4.78 is 0. The number of hydrogen-bond donors (Lipinski definition) is 1. The third kappa shape index (κ3) is 2.76. The summed E-state index contributed by atoms with van der Waals surface area (Å²) in [6.07, 6.45) is 8.36. The molecule has 3 heteroatoms. The van der Waals surface area contributed by atoms with Crippen LogP contribution in [0.5, 0.6) is 0 Å². The van der Waals surface area contributed by atoms with Gasteiger partial charge in [0, 0.05) is 12.6 Å². The predicted octanol–water partition coefficient (Wildman–Crippen LogP) is 1.92. The van der Waals surface area contributed by atoms with Crippen LogP contribution >= 0.6 is 0 Å². The summed E-state index contributed by atoms with van der Waals surface area (Å²) in [6.45, 7) is 4.17. The normalized spacial score (nSPS) is 32.2. The highest BCUT2D eigenvalue weighted by molar-refractivity contribution is 5.82. The zero-order chi connectivity index (χ0) is 11.4. The largest absolute Gasteiger partial charge is 0.339 e. The molecule has 16 heavy (non-hydrogen) atoms. The Labute approximate surface area is 98.6 Å². The quantitative estimate of drug-likeness (QED) is 0.738. The van der Waals surface area contributed by atoms with Crippen LogP contribution in [0.4, 0.5) is 0 Å². The van der Waals surface area contributed by atoms with Gasteiger partial charge in [0.2, 0.25) is 5.91 Å². The zero-order valence-electron chi connectivity index (χ0n) is 10.4. The van der Waals surface area contributed by atoms with E-state index in [4.69, 9.17) is 0 Å². The van der Waals surface area contributed by atoms with E-state index < -0.39 is 0 Å². The average Bonchev–Trinajstić information content (AvgIpc) is 2.57. The first kappa shape index (κ1) is 11.9. The number of carbonyl (C=O) groups excluding carboxylic acids is 1. The lowest BCUT2D eigenvalue weighted by atomic mass is 10.0. The van der Waals surface area contributed by atoms with Crippen LogP contribution in [0.15, 0.2) is 0 Å². The molecule has 2 heterocycles. The van der Waals surface area contributed by atoms with Gasteiger partial charge in [0.15, 0.2) is 0 Å². The van der Waals surface area contributed by atoms with Gasteiger partial charge in [0.05, 0.1) is 6.04 Å². The molecule has 2 aliphatic rings. The van der Waals surface area contributed by atoms with Crippen molar-refractivity contribution < 1.29 is 4.79 Å². The molecular formula is C13H24N2O. The molecule has 2 saturated heterocycles. The number of hydrogen-bond acceptors (Lipinski definition) is 2. The number of piperidine rings is 1. The summed E-state index contributed by atoms with van der Waals surface area (Å²) in [6, 6.07) is 0.550. The van der Waals surface area contributed by atoms with Gasteiger partial charge in [-0.15, -0.1) is 0 Å². The molecule has 0 radical (unpaired) electrons. The van der Waals surface area contributed by atoms with Crippen molar-refractivity contribution in [2.75, 3.05) is 13.1 Å². The summed E-state index contributed by atoms with van der Waals surface area (Å²) in [5.41, 5.74) is 0. The third-order valence-corrected chi connectivity index (χ3v) is 3.94. The smallest absolute Gasteiger partial charge is 0.239 e. The maximum atomic E-state index is 12.4. The summed E-state index contributed by atoms with van der Waals surface area (Å²) in [5, 5.41) is 3.41. The summed E-state index contributed by atoms with van der Waals surface area (Å²) in [5.74, 6) is 0.356. The SMILES string of the molecule is C[C@H]1CCCCN1C(=O)[C@@H]1CCCCCN1. The molecule has 0 saturated carbocycles. The number of nitrogens with one attached hydrogen (secondary N) is 1. The Hall–Kier alpha value is -0.570. The van der Waals surface area contributed by atoms with Gasteiger partial charge in [0.1, 0.15) is 0 Å². The molecule has 2 fully saturated rings. The predicted molar refractivity (Wildman–Crippen MR) is 65.3 cm³/mol. The zero-order valence-corrected chi connectivity index (χ0v) is 10.4. The minimum Gasteiger partial charge on any atom is -0.339 e. The van der Waals surface area contributed by atoms with Gasteiger partial charge in [-0.2, -0.15) is 0 Å². The second-order valence-electron chi connectivity index (χ2n) is 5.23. The number of nitrogens with zero attached hydrogens (tertiary/aromatic N) is 1. The molecule has 0 aromatic heterocycles. The Morgan fingerprint density at radius 2 is 1.94 bits per heavy atom. The van der Waals surface area contributed by atoms with E-state index in [2.05, 4.69) is 17.1 Å². The van der Waals surface area contributed by atoms with Gasteiger partial charge in [-0.1, -0.05) is 12.8 Å². The van der Waals surface area contributed by atoms with Crippen LogP contribution in [-0.4, -0.2) is 36.0 Å². The molecule has 1 amide bonds. The van der Waals surface area contributed by atoms with Crippen molar-refractivity contribution in [1.29, 1.82) is 0 Å². The first-order valence-electron chi connectivity index (χ1n) is 6.83. The summed E-state index contributed by atoms with van der Waals surface area (Å²) in [7, 11) is 0. The molecular weight excluding hydrogens is 200 g/mol. The van der Waals surface area contributed by atoms with Crippen molar-refractivity contribution in [2.45, 2.75) is 64.0 Å². The minimum atomic E-state index is 0.100. The molecule has 0 aromatic carbocycles. The second kappa shape index (κ2) is 5.67. The van der Waals surface area contributed by atoms with Crippen molar-refractivity contribution in [3.8, 4) is 0 Å². The minimum absolute atomic E-state index is 0.100. The molecule has 0 unspecified atom stereocenters. The first-order valence-corrected chi connectivity index (χ1v) is 6.83. The van der Waals surface area contributed by atoms with Gasteiger partial charge in [-0.3, -0.25) is 4.79 Å². The highest BCUT2D eigenvalue weighted by Gasteiger charge is 2.29. The second-order valence-corrected chi connectivity index (χ2v) is 5.23. The van der Waals surface area contributed by atoms with Crippen LogP contribution in [0.25, 0.3) is 0 Å². The van der Waals surface area contributed by atoms with Crippen LogP contribution in [0, 0.1) is 0 Å². The number of amides is 1. The molecule has 0 aromatic rings. The van der Waals surface area contributed by atoms with Gasteiger partial charge >= 0.3 is 0 Å². The number of likely N-dealkylation sites (tertiary alicyclic amines) is 1. The van der Waals surface area contributed by atoms with Crippen molar-refractivity contribution >= 4 is 5.91 Å². The van der Waals surface area contributed by atoms with E-state index in [1.165, 1.54) is 38.5 Å². The lowest BCUT2D eigenvalue weighted by molar-refractivity contribution is -0.136. The van der Waals surface area contributed by atoms with Crippen LogP contribution in [0.1, 0.15) is 51.9 Å². The van der Waals surface area contributed by atoms with E-state index in [1.807, 2.05) is 0 Å². The number of rotatable bonds is 1. The Morgan fingerprint density at radius 1 is 1.12 bits per heavy atom. The molecule has 0 aliphatic carbocycles. The topological polar surface area (TPSA) is 32.3 Å². The fraction of sp³-hybridized carbons (Fsp3) is 0.923. The Kier molecular flexibility index (Phi) is 4.22. The fourth-order valence-corrected chi connectivity index (χ4v) is 2.87. The molecule has 0 spiro atoms. The Balaban J connectivity index is 1.93. The van der Waals surface area contributed by atoms with E-state index in [0.29, 0.717) is 11.9 Å². The highest BCUT2D eigenvalue weighted by Crippen LogP contribution is 2.19. The van der Waals surface area contributed by atoms with Gasteiger partial charge in [0.25, 0.3) is 0 Å². The van der Waals surface area contributed by atoms with Crippen LogP contribution in [-0.2, 0) is 4.79 Å². The Morgan fingerprint density at radius 3 is 2.75 bits per heavy atom. The van der Waals surface area contributed by atoms with Crippen molar-refractivity contribution in [3.05, 3.63) is 0 Å². The van der Waals surface area contributed by atoms with Crippen LogP contribution in [0.3, 0.4) is 0 Å². The molecule has 2 aliphatic heterocycles. The molecule has 1 N–H and O–H groups in total. The summed E-state index contributed by atoms with van der Waals surface area (Å²) >= 11 is 0. The fourth-order valence-electron chi connectivity index (χ4n) is 2.87. The lowest BCUT2D eigenvalue weighted by Gasteiger charge is -2.36. The van der Waals surface area contributed by atoms with Crippen LogP contribution in [0.2, 0.25) is 0 Å². The van der Waals surface area contributed by atoms with E-state index >= 15 is 0 Å². The highest BCUT2D eigenvalue weighted by atomic mass is 16.2. The van der Waals surface area contributed by atoms with Crippen molar-refractivity contribution in [2.24, 2.45) is 0 Å². The van der Waals surface area contributed by atoms with E-state index in [0.717, 1.165) is 19.5 Å². The summed E-state index contributed by atoms with van der Waals surface area (Å²) in [4.78, 5) is 14.5. The molecule has 3 nitrogen and oxygen atoms in total. The Bertz CT molecular complexity index is 234. The molecule has 2 atom stereocenters. The maximum absolute atomic E-state index is 12.4. The lowest BCUT2D eigenvalue weighted by Crippen LogP contribution is -2.51. The molecule has 2 rings (SSSR count). The van der Waals surface area contributed by atoms with Gasteiger partial charge < -0.3 is 10.2 Å². The van der Waals surface area contributed by atoms with Gasteiger partial charge in [-0.25, -0.2) is 0 Å². The van der Waals surface area contributed by atoms with Crippen LogP contribution < -0.4 is 5.32 Å². The van der Waals surface area contributed by atoms with Crippen molar-refractivity contribution in [1.82, 2.24) is 10.2 Å². The number of carbonyl (C=O) groups is 1. The van der Waals surface area contributed by atoms with Gasteiger partial charge in [-0.05, 0) is 45.6 Å².